The summed E-state index contributed by atoms with van der Waals surface area (Å²) in [7, 11) is 0. The summed E-state index contributed by atoms with van der Waals surface area (Å²) >= 11 is 0. The van der Waals surface area contributed by atoms with Gasteiger partial charge in [0.1, 0.15) is 0 Å². The van der Waals surface area contributed by atoms with Gasteiger partial charge >= 0.3 is 0 Å². The molecular formula is C13H20F2N2. The number of hydrogen-bond donors (Lipinski definition) is 2. The zero-order chi connectivity index (χ0) is 12.7. The van der Waals surface area contributed by atoms with Gasteiger partial charge in [0.2, 0.25) is 0 Å². The molecule has 1 aromatic rings. The number of halogens is 2. The quantitative estimate of drug-likeness (QED) is 0.436. The molecule has 1 rings (SSSR count). The molecule has 1 unspecified atom stereocenters. The van der Waals surface area contributed by atoms with Crippen molar-refractivity contribution in [2.75, 3.05) is 0 Å². The second-order valence-electron chi connectivity index (χ2n) is 4.21. The van der Waals surface area contributed by atoms with E-state index in [1.807, 2.05) is 0 Å². The molecule has 0 saturated carbocycles. The van der Waals surface area contributed by atoms with Gasteiger partial charge in [0.05, 0.1) is 0 Å². The number of unbranched alkanes of at least 4 members (excludes halogenated alkanes) is 3. The maximum atomic E-state index is 13.5. The Morgan fingerprint density at radius 1 is 1.24 bits per heavy atom. The van der Waals surface area contributed by atoms with Crippen LogP contribution in [0.1, 0.15) is 50.6 Å². The van der Waals surface area contributed by atoms with Crippen LogP contribution >= 0.6 is 0 Å². The van der Waals surface area contributed by atoms with E-state index in [2.05, 4.69) is 12.3 Å². The molecule has 0 aliphatic rings. The van der Waals surface area contributed by atoms with Gasteiger partial charge in [0.15, 0.2) is 11.6 Å². The molecule has 0 radical (unpaired) electrons. The predicted molar refractivity (Wildman–Crippen MR) is 65.2 cm³/mol. The fraction of sp³-hybridized carbons (Fsp3) is 0.538. The molecule has 0 bridgehead atoms. The Morgan fingerprint density at radius 2 is 2.00 bits per heavy atom. The minimum atomic E-state index is -0.823. The van der Waals surface area contributed by atoms with E-state index in [4.69, 9.17) is 5.84 Å². The largest absolute Gasteiger partial charge is 0.271 e. The third kappa shape index (κ3) is 4.06. The summed E-state index contributed by atoms with van der Waals surface area (Å²) in [5.74, 6) is 3.78. The Hall–Kier alpha value is -1.00. The molecule has 0 fully saturated rings. The van der Waals surface area contributed by atoms with E-state index < -0.39 is 11.6 Å². The van der Waals surface area contributed by atoms with E-state index in [0.29, 0.717) is 5.56 Å². The molecule has 0 saturated heterocycles. The summed E-state index contributed by atoms with van der Waals surface area (Å²) in [6.45, 7) is 2.13. The van der Waals surface area contributed by atoms with Crippen LogP contribution in [-0.4, -0.2) is 0 Å². The second kappa shape index (κ2) is 7.35. The Labute approximate surface area is 101 Å². The zero-order valence-corrected chi connectivity index (χ0v) is 10.2. The van der Waals surface area contributed by atoms with E-state index >= 15 is 0 Å². The average Bonchev–Trinajstić information content (AvgIpc) is 2.34. The number of rotatable bonds is 7. The van der Waals surface area contributed by atoms with Crippen LogP contribution in [0, 0.1) is 11.6 Å². The van der Waals surface area contributed by atoms with Crippen molar-refractivity contribution in [1.82, 2.24) is 5.43 Å². The summed E-state index contributed by atoms with van der Waals surface area (Å²) in [5.41, 5.74) is 2.87. The lowest BCUT2D eigenvalue weighted by atomic mass is 10.00. The van der Waals surface area contributed by atoms with Gasteiger partial charge in [-0.1, -0.05) is 44.7 Å². The van der Waals surface area contributed by atoms with Gasteiger partial charge in [-0.05, 0) is 12.5 Å². The number of benzene rings is 1. The number of nitrogens with one attached hydrogen (secondary N) is 1. The highest BCUT2D eigenvalue weighted by Gasteiger charge is 2.16. The highest BCUT2D eigenvalue weighted by atomic mass is 19.2. The van der Waals surface area contributed by atoms with Crippen molar-refractivity contribution in [3.05, 3.63) is 35.4 Å². The van der Waals surface area contributed by atoms with E-state index in [9.17, 15) is 8.78 Å². The topological polar surface area (TPSA) is 38.0 Å². The first-order valence-corrected chi connectivity index (χ1v) is 6.10. The van der Waals surface area contributed by atoms with Gasteiger partial charge in [-0.3, -0.25) is 11.3 Å². The molecule has 1 atom stereocenters. The lowest BCUT2D eigenvalue weighted by Crippen LogP contribution is -2.28. The second-order valence-corrected chi connectivity index (χ2v) is 4.21. The van der Waals surface area contributed by atoms with Crippen molar-refractivity contribution in [2.24, 2.45) is 5.84 Å². The minimum absolute atomic E-state index is 0.309. The van der Waals surface area contributed by atoms with Crippen LogP contribution in [0.25, 0.3) is 0 Å². The fourth-order valence-corrected chi connectivity index (χ4v) is 1.89. The molecule has 4 heteroatoms. The standard InChI is InChI=1S/C13H20F2N2/c1-2-3-4-5-9-12(17-16)10-7-6-8-11(14)13(10)15/h6-8,12,17H,2-5,9,16H2,1H3. The summed E-state index contributed by atoms with van der Waals surface area (Å²) < 4.78 is 26.6. The Morgan fingerprint density at radius 3 is 2.65 bits per heavy atom. The van der Waals surface area contributed by atoms with Gasteiger partial charge < -0.3 is 0 Å². The van der Waals surface area contributed by atoms with Crippen molar-refractivity contribution in [3.63, 3.8) is 0 Å². The molecule has 0 spiro atoms. The minimum Gasteiger partial charge on any atom is -0.271 e. The third-order valence-electron chi connectivity index (χ3n) is 2.90. The lowest BCUT2D eigenvalue weighted by molar-refractivity contribution is 0.438. The molecule has 0 heterocycles. The third-order valence-corrected chi connectivity index (χ3v) is 2.90. The highest BCUT2D eigenvalue weighted by molar-refractivity contribution is 5.22. The molecule has 96 valence electrons. The maximum Gasteiger partial charge on any atom is 0.163 e. The van der Waals surface area contributed by atoms with Crippen LogP contribution in [0.3, 0.4) is 0 Å². The molecule has 2 nitrogen and oxygen atoms in total. The first-order valence-electron chi connectivity index (χ1n) is 6.10. The molecular weight excluding hydrogens is 222 g/mol. The SMILES string of the molecule is CCCCCCC(NN)c1cccc(F)c1F. The first kappa shape index (κ1) is 14.1. The number of hydrogen-bond acceptors (Lipinski definition) is 2. The Bertz CT molecular complexity index is 342. The molecule has 0 aliphatic carbocycles. The lowest BCUT2D eigenvalue weighted by Gasteiger charge is -2.17. The molecule has 17 heavy (non-hydrogen) atoms. The van der Waals surface area contributed by atoms with Crippen LogP contribution < -0.4 is 11.3 Å². The average molecular weight is 242 g/mol. The van der Waals surface area contributed by atoms with Gasteiger partial charge in [-0.25, -0.2) is 8.78 Å². The van der Waals surface area contributed by atoms with Crippen molar-refractivity contribution in [2.45, 2.75) is 45.1 Å². The van der Waals surface area contributed by atoms with E-state index in [1.165, 1.54) is 6.07 Å². The Balaban J connectivity index is 2.63. The van der Waals surface area contributed by atoms with Crippen LogP contribution in [0.2, 0.25) is 0 Å². The summed E-state index contributed by atoms with van der Waals surface area (Å²) in [6.07, 6.45) is 5.07. The highest BCUT2D eigenvalue weighted by Crippen LogP contribution is 2.23. The molecule has 0 aromatic heterocycles. The van der Waals surface area contributed by atoms with Gasteiger partial charge in [-0.2, -0.15) is 0 Å². The van der Waals surface area contributed by atoms with E-state index in [-0.39, 0.29) is 6.04 Å². The monoisotopic (exact) mass is 242 g/mol. The number of hydrazine groups is 1. The van der Waals surface area contributed by atoms with Crippen molar-refractivity contribution < 1.29 is 8.78 Å². The van der Waals surface area contributed by atoms with E-state index in [0.717, 1.165) is 38.2 Å². The molecule has 0 aliphatic heterocycles. The number of nitrogens with two attached hydrogens (primary N) is 1. The molecule has 3 N–H and O–H groups in total. The van der Waals surface area contributed by atoms with Crippen LogP contribution in [0.15, 0.2) is 18.2 Å². The van der Waals surface area contributed by atoms with Crippen molar-refractivity contribution >= 4 is 0 Å². The van der Waals surface area contributed by atoms with Crippen LogP contribution in [0.5, 0.6) is 0 Å². The normalized spacial score (nSPS) is 12.7. The summed E-state index contributed by atoms with van der Waals surface area (Å²) in [5, 5.41) is 0. The van der Waals surface area contributed by atoms with Gasteiger partial charge in [-0.15, -0.1) is 0 Å². The fourth-order valence-electron chi connectivity index (χ4n) is 1.89. The van der Waals surface area contributed by atoms with Gasteiger partial charge in [0.25, 0.3) is 0 Å². The summed E-state index contributed by atoms with van der Waals surface area (Å²) in [4.78, 5) is 0. The first-order chi connectivity index (χ1) is 8.20. The van der Waals surface area contributed by atoms with Crippen molar-refractivity contribution in [1.29, 1.82) is 0 Å². The van der Waals surface area contributed by atoms with E-state index in [1.54, 1.807) is 6.07 Å². The molecule has 0 amide bonds. The predicted octanol–water partition coefficient (Wildman–Crippen LogP) is 3.44. The summed E-state index contributed by atoms with van der Waals surface area (Å²) in [6, 6.07) is 3.87. The zero-order valence-electron chi connectivity index (χ0n) is 10.2. The maximum absolute atomic E-state index is 13.5. The van der Waals surface area contributed by atoms with Crippen LogP contribution in [-0.2, 0) is 0 Å². The molecule has 1 aromatic carbocycles. The van der Waals surface area contributed by atoms with Gasteiger partial charge in [0, 0.05) is 11.6 Å². The Kier molecular flexibility index (Phi) is 6.08. The smallest absolute Gasteiger partial charge is 0.163 e. The van der Waals surface area contributed by atoms with Crippen molar-refractivity contribution in [3.8, 4) is 0 Å². The van der Waals surface area contributed by atoms with Crippen LogP contribution in [0.4, 0.5) is 8.78 Å².